The Hall–Kier alpha value is -1.06. The van der Waals surface area contributed by atoms with Gasteiger partial charge in [0.2, 0.25) is 0 Å². The fourth-order valence-electron chi connectivity index (χ4n) is 1.95. The second kappa shape index (κ2) is 7.51. The summed E-state index contributed by atoms with van der Waals surface area (Å²) < 4.78 is 0. The van der Waals surface area contributed by atoms with E-state index in [0.717, 1.165) is 22.7 Å². The highest BCUT2D eigenvalue weighted by Crippen LogP contribution is 2.17. The lowest BCUT2D eigenvalue weighted by molar-refractivity contribution is -0.137. The Morgan fingerprint density at radius 2 is 2.11 bits per heavy atom. The molecule has 0 spiro atoms. The molecule has 106 valence electrons. The summed E-state index contributed by atoms with van der Waals surface area (Å²) in [6, 6.07) is 5.81. The number of carbonyl (C=O) groups is 1. The van der Waals surface area contributed by atoms with Crippen LogP contribution < -0.4 is 5.32 Å². The van der Waals surface area contributed by atoms with Crippen LogP contribution in [0.1, 0.15) is 31.4 Å². The van der Waals surface area contributed by atoms with Gasteiger partial charge in [-0.3, -0.25) is 4.79 Å². The van der Waals surface area contributed by atoms with Crippen LogP contribution in [0.3, 0.4) is 0 Å². The van der Waals surface area contributed by atoms with E-state index in [9.17, 15) is 4.79 Å². The van der Waals surface area contributed by atoms with Gasteiger partial charge in [-0.25, -0.2) is 0 Å². The van der Waals surface area contributed by atoms with Gasteiger partial charge in [-0.05, 0) is 43.0 Å². The molecule has 0 amide bonds. The Kier molecular flexibility index (Phi) is 6.32. The van der Waals surface area contributed by atoms with E-state index in [2.05, 4.69) is 19.2 Å². The van der Waals surface area contributed by atoms with Crippen LogP contribution in [-0.2, 0) is 11.2 Å². The highest BCUT2D eigenvalue weighted by Gasteiger charge is 2.14. The maximum absolute atomic E-state index is 10.9. The predicted molar refractivity (Wildman–Crippen MR) is 78.8 cm³/mol. The van der Waals surface area contributed by atoms with Gasteiger partial charge < -0.3 is 10.4 Å². The molecule has 3 nitrogen and oxygen atoms in total. The maximum atomic E-state index is 10.9. The lowest BCUT2D eigenvalue weighted by Crippen LogP contribution is -2.35. The van der Waals surface area contributed by atoms with E-state index in [0.29, 0.717) is 12.3 Å². The number of carboxylic acid groups (broad SMARTS) is 1. The molecule has 0 aromatic heterocycles. The number of halogens is 1. The maximum Gasteiger partial charge on any atom is 0.304 e. The Labute approximate surface area is 120 Å². The summed E-state index contributed by atoms with van der Waals surface area (Å²) in [5, 5.41) is 13.0. The topological polar surface area (TPSA) is 49.3 Å². The lowest BCUT2D eigenvalue weighted by atomic mass is 10.0. The van der Waals surface area contributed by atoms with Crippen molar-refractivity contribution in [1.82, 2.24) is 5.32 Å². The molecule has 0 fully saturated rings. The summed E-state index contributed by atoms with van der Waals surface area (Å²) >= 11 is 5.99. The molecule has 0 aliphatic carbocycles. The third-order valence-corrected chi connectivity index (χ3v) is 3.36. The molecular weight excluding hydrogens is 262 g/mol. The molecule has 1 aromatic rings. The van der Waals surface area contributed by atoms with Gasteiger partial charge in [0.05, 0.1) is 6.42 Å². The van der Waals surface area contributed by atoms with E-state index in [1.807, 2.05) is 25.1 Å². The molecule has 1 rings (SSSR count). The first-order valence-corrected chi connectivity index (χ1v) is 6.96. The molecular formula is C15H22ClNO2. The third-order valence-electron chi connectivity index (χ3n) is 2.94. The van der Waals surface area contributed by atoms with Gasteiger partial charge in [0.25, 0.3) is 0 Å². The number of rotatable bonds is 7. The molecule has 19 heavy (non-hydrogen) atoms. The van der Waals surface area contributed by atoms with E-state index >= 15 is 0 Å². The molecule has 0 aliphatic rings. The Bertz CT molecular complexity index is 432. The summed E-state index contributed by atoms with van der Waals surface area (Å²) in [5.41, 5.74) is 2.14. The molecule has 1 atom stereocenters. The van der Waals surface area contributed by atoms with Crippen LogP contribution in [0, 0.1) is 12.8 Å². The van der Waals surface area contributed by atoms with Crippen LogP contribution in [0.15, 0.2) is 18.2 Å². The van der Waals surface area contributed by atoms with Gasteiger partial charge >= 0.3 is 5.97 Å². The summed E-state index contributed by atoms with van der Waals surface area (Å²) in [6.07, 6.45) is 0.839. The SMILES string of the molecule is Cc1cc(CC(CC(=O)O)NCC(C)C)ccc1Cl. The minimum atomic E-state index is -0.771. The van der Waals surface area contributed by atoms with Gasteiger partial charge in [0.1, 0.15) is 0 Å². The first-order valence-electron chi connectivity index (χ1n) is 6.58. The van der Waals surface area contributed by atoms with Gasteiger partial charge in [-0.1, -0.05) is 37.6 Å². The molecule has 1 unspecified atom stereocenters. The Morgan fingerprint density at radius 1 is 1.42 bits per heavy atom. The zero-order valence-corrected chi connectivity index (χ0v) is 12.5. The van der Waals surface area contributed by atoms with Crippen molar-refractivity contribution in [3.63, 3.8) is 0 Å². The fraction of sp³-hybridized carbons (Fsp3) is 0.533. The van der Waals surface area contributed by atoms with E-state index in [-0.39, 0.29) is 12.5 Å². The smallest absolute Gasteiger partial charge is 0.304 e. The minimum absolute atomic E-state index is 0.0412. The first-order chi connectivity index (χ1) is 8.88. The van der Waals surface area contributed by atoms with Crippen molar-refractivity contribution in [2.75, 3.05) is 6.54 Å². The van der Waals surface area contributed by atoms with Crippen molar-refractivity contribution in [3.8, 4) is 0 Å². The van der Waals surface area contributed by atoms with Crippen LogP contribution >= 0.6 is 11.6 Å². The average Bonchev–Trinajstić information content (AvgIpc) is 2.30. The molecule has 4 heteroatoms. The zero-order chi connectivity index (χ0) is 14.4. The summed E-state index contributed by atoms with van der Waals surface area (Å²) in [7, 11) is 0. The molecule has 0 heterocycles. The predicted octanol–water partition coefficient (Wildman–Crippen LogP) is 3.28. The highest BCUT2D eigenvalue weighted by molar-refractivity contribution is 6.31. The van der Waals surface area contributed by atoms with E-state index in [1.54, 1.807) is 0 Å². The van der Waals surface area contributed by atoms with E-state index in [1.165, 1.54) is 0 Å². The van der Waals surface area contributed by atoms with Crippen LogP contribution in [-0.4, -0.2) is 23.7 Å². The van der Waals surface area contributed by atoms with Crippen molar-refractivity contribution in [3.05, 3.63) is 34.3 Å². The Balaban J connectivity index is 2.69. The van der Waals surface area contributed by atoms with E-state index < -0.39 is 5.97 Å². The summed E-state index contributed by atoms with van der Waals surface area (Å²) in [5.74, 6) is -0.268. The third kappa shape index (κ3) is 6.08. The van der Waals surface area contributed by atoms with Gasteiger partial charge in [0.15, 0.2) is 0 Å². The molecule has 1 aromatic carbocycles. The summed E-state index contributed by atoms with van der Waals surface area (Å²) in [4.78, 5) is 10.9. The highest BCUT2D eigenvalue weighted by atomic mass is 35.5. The number of carboxylic acids is 1. The van der Waals surface area contributed by atoms with Gasteiger partial charge in [0, 0.05) is 11.1 Å². The van der Waals surface area contributed by atoms with Crippen molar-refractivity contribution in [2.24, 2.45) is 5.92 Å². The number of aryl methyl sites for hydroxylation is 1. The number of hydrogen-bond acceptors (Lipinski definition) is 2. The average molecular weight is 284 g/mol. The van der Waals surface area contributed by atoms with Crippen molar-refractivity contribution < 1.29 is 9.90 Å². The number of aliphatic carboxylic acids is 1. The van der Waals surface area contributed by atoms with Gasteiger partial charge in [-0.15, -0.1) is 0 Å². The largest absolute Gasteiger partial charge is 0.481 e. The van der Waals surface area contributed by atoms with Crippen molar-refractivity contribution in [2.45, 2.75) is 39.7 Å². The number of hydrogen-bond donors (Lipinski definition) is 2. The van der Waals surface area contributed by atoms with Crippen LogP contribution in [0.2, 0.25) is 5.02 Å². The minimum Gasteiger partial charge on any atom is -0.481 e. The number of nitrogens with one attached hydrogen (secondary N) is 1. The normalized spacial score (nSPS) is 12.7. The quantitative estimate of drug-likeness (QED) is 0.807. The summed E-state index contributed by atoms with van der Waals surface area (Å²) in [6.45, 7) is 7.00. The molecule has 2 N–H and O–H groups in total. The van der Waals surface area contributed by atoms with E-state index in [4.69, 9.17) is 16.7 Å². The first kappa shape index (κ1) is 16.0. The van der Waals surface area contributed by atoms with Gasteiger partial charge in [-0.2, -0.15) is 0 Å². The second-order valence-corrected chi connectivity index (χ2v) is 5.79. The molecule has 0 aliphatic heterocycles. The number of benzene rings is 1. The van der Waals surface area contributed by atoms with Crippen molar-refractivity contribution >= 4 is 17.6 Å². The van der Waals surface area contributed by atoms with Crippen molar-refractivity contribution in [1.29, 1.82) is 0 Å². The standard InChI is InChI=1S/C15H22ClNO2/c1-10(2)9-17-13(8-15(18)19)7-12-4-5-14(16)11(3)6-12/h4-6,10,13,17H,7-9H2,1-3H3,(H,18,19). The molecule has 0 bridgehead atoms. The van der Waals surface area contributed by atoms with Crippen LogP contribution in [0.25, 0.3) is 0 Å². The monoisotopic (exact) mass is 283 g/mol. The van der Waals surface area contributed by atoms with Crippen LogP contribution in [0.4, 0.5) is 0 Å². The molecule has 0 saturated heterocycles. The van der Waals surface area contributed by atoms with Crippen LogP contribution in [0.5, 0.6) is 0 Å². The fourth-order valence-corrected chi connectivity index (χ4v) is 2.07. The molecule has 0 radical (unpaired) electrons. The molecule has 0 saturated carbocycles. The second-order valence-electron chi connectivity index (χ2n) is 5.38. The lowest BCUT2D eigenvalue weighted by Gasteiger charge is -2.19. The Morgan fingerprint density at radius 3 is 2.63 bits per heavy atom. The zero-order valence-electron chi connectivity index (χ0n) is 11.7.